The molecule has 0 radical (unpaired) electrons. The zero-order chi connectivity index (χ0) is 13.0. The molecule has 18 heavy (non-hydrogen) atoms. The van der Waals surface area contributed by atoms with Crippen molar-refractivity contribution in [2.45, 2.75) is 13.0 Å². The number of rotatable bonds is 5. The van der Waals surface area contributed by atoms with Crippen molar-refractivity contribution in [3.05, 3.63) is 52.3 Å². The van der Waals surface area contributed by atoms with Crippen molar-refractivity contribution in [3.8, 4) is 0 Å². The summed E-state index contributed by atoms with van der Waals surface area (Å²) in [6, 6.07) is 4.91. The number of hydrogen-bond acceptors (Lipinski definition) is 2. The van der Waals surface area contributed by atoms with E-state index in [2.05, 4.69) is 26.2 Å². The predicted octanol–water partition coefficient (Wildman–Crippen LogP) is 2.65. The molecule has 0 aliphatic heterocycles. The van der Waals surface area contributed by atoms with E-state index in [1.807, 2.05) is 23.9 Å². The molecule has 1 aromatic heterocycles. The maximum atomic E-state index is 13.1. The second kappa shape index (κ2) is 6.11. The zero-order valence-electron chi connectivity index (χ0n) is 10.2. The Bertz CT molecular complexity index is 504. The number of nitrogens with zero attached hydrogens (tertiary/aromatic N) is 2. The molecule has 0 spiro atoms. The van der Waals surface area contributed by atoms with Crippen LogP contribution in [0, 0.1) is 5.82 Å². The van der Waals surface area contributed by atoms with Crippen molar-refractivity contribution in [1.82, 2.24) is 14.9 Å². The maximum Gasteiger partial charge on any atom is 0.124 e. The van der Waals surface area contributed by atoms with Crippen molar-refractivity contribution < 1.29 is 4.39 Å². The summed E-state index contributed by atoms with van der Waals surface area (Å²) in [6.45, 7) is 1.47. The van der Waals surface area contributed by atoms with Crippen molar-refractivity contribution in [2.24, 2.45) is 7.05 Å². The van der Waals surface area contributed by atoms with Crippen LogP contribution in [0.25, 0.3) is 0 Å². The van der Waals surface area contributed by atoms with Crippen LogP contribution in [0.1, 0.15) is 11.4 Å². The lowest BCUT2D eigenvalue weighted by Crippen LogP contribution is -2.18. The minimum Gasteiger partial charge on any atom is -0.338 e. The minimum absolute atomic E-state index is 0.217. The molecular weight excluding hydrogens is 297 g/mol. The van der Waals surface area contributed by atoms with Gasteiger partial charge in [0.05, 0.1) is 0 Å². The van der Waals surface area contributed by atoms with E-state index in [0.717, 1.165) is 28.8 Å². The minimum atomic E-state index is -0.217. The fourth-order valence-corrected chi connectivity index (χ4v) is 2.30. The van der Waals surface area contributed by atoms with Crippen LogP contribution >= 0.6 is 15.9 Å². The van der Waals surface area contributed by atoms with Gasteiger partial charge >= 0.3 is 0 Å². The van der Waals surface area contributed by atoms with Gasteiger partial charge in [0.1, 0.15) is 11.6 Å². The maximum absolute atomic E-state index is 13.1. The molecule has 0 fully saturated rings. The average Bonchev–Trinajstić information content (AvgIpc) is 2.69. The van der Waals surface area contributed by atoms with Gasteiger partial charge in [-0.3, -0.25) is 0 Å². The molecule has 1 heterocycles. The van der Waals surface area contributed by atoms with Gasteiger partial charge in [-0.15, -0.1) is 0 Å². The normalized spacial score (nSPS) is 10.8. The van der Waals surface area contributed by atoms with E-state index in [9.17, 15) is 4.39 Å². The fraction of sp³-hybridized carbons (Fsp3) is 0.308. The second-order valence-corrected chi connectivity index (χ2v) is 5.07. The molecule has 5 heteroatoms. The van der Waals surface area contributed by atoms with Gasteiger partial charge in [0.25, 0.3) is 0 Å². The number of hydrogen-bond donors (Lipinski definition) is 1. The molecule has 2 rings (SSSR count). The lowest BCUT2D eigenvalue weighted by molar-refractivity contribution is 0.616. The largest absolute Gasteiger partial charge is 0.338 e. The van der Waals surface area contributed by atoms with E-state index in [1.54, 1.807) is 12.3 Å². The van der Waals surface area contributed by atoms with Crippen LogP contribution in [0.2, 0.25) is 0 Å². The highest BCUT2D eigenvalue weighted by molar-refractivity contribution is 9.10. The van der Waals surface area contributed by atoms with Crippen LogP contribution in [-0.4, -0.2) is 16.1 Å². The van der Waals surface area contributed by atoms with Gasteiger partial charge in [0, 0.05) is 43.4 Å². The van der Waals surface area contributed by atoms with Gasteiger partial charge in [-0.1, -0.05) is 15.9 Å². The lowest BCUT2D eigenvalue weighted by Gasteiger charge is -2.06. The molecule has 0 amide bonds. The quantitative estimate of drug-likeness (QED) is 0.860. The molecule has 0 unspecified atom stereocenters. The summed E-state index contributed by atoms with van der Waals surface area (Å²) in [5, 5.41) is 3.28. The number of aromatic nitrogens is 2. The molecule has 0 bridgehead atoms. The van der Waals surface area contributed by atoms with Crippen LogP contribution < -0.4 is 5.32 Å². The number of benzene rings is 1. The Labute approximate surface area is 114 Å². The zero-order valence-corrected chi connectivity index (χ0v) is 11.7. The van der Waals surface area contributed by atoms with Crippen LogP contribution in [0.5, 0.6) is 0 Å². The van der Waals surface area contributed by atoms with E-state index in [1.165, 1.54) is 6.07 Å². The third-order valence-electron chi connectivity index (χ3n) is 2.70. The molecule has 0 saturated carbocycles. The number of imidazole rings is 1. The molecular formula is C13H15BrFN3. The first-order valence-electron chi connectivity index (χ1n) is 5.77. The van der Waals surface area contributed by atoms with Crippen LogP contribution in [-0.2, 0) is 20.0 Å². The van der Waals surface area contributed by atoms with Gasteiger partial charge in [0.15, 0.2) is 0 Å². The molecule has 1 aromatic carbocycles. The summed E-state index contributed by atoms with van der Waals surface area (Å²) in [4.78, 5) is 4.24. The Kier molecular flexibility index (Phi) is 4.49. The first kappa shape index (κ1) is 13.2. The Hall–Kier alpha value is -1.20. The van der Waals surface area contributed by atoms with Crippen molar-refractivity contribution in [1.29, 1.82) is 0 Å². The van der Waals surface area contributed by atoms with Gasteiger partial charge in [0.2, 0.25) is 0 Å². The van der Waals surface area contributed by atoms with E-state index in [0.29, 0.717) is 6.54 Å². The van der Waals surface area contributed by atoms with Gasteiger partial charge in [-0.2, -0.15) is 0 Å². The third kappa shape index (κ3) is 3.65. The predicted molar refractivity (Wildman–Crippen MR) is 72.7 cm³/mol. The number of aryl methyl sites for hydroxylation is 1. The highest BCUT2D eigenvalue weighted by Crippen LogP contribution is 2.14. The summed E-state index contributed by atoms with van der Waals surface area (Å²) < 4.78 is 15.9. The highest BCUT2D eigenvalue weighted by atomic mass is 79.9. The highest BCUT2D eigenvalue weighted by Gasteiger charge is 2.01. The smallest absolute Gasteiger partial charge is 0.124 e. The van der Waals surface area contributed by atoms with Crippen LogP contribution in [0.15, 0.2) is 35.1 Å². The first-order chi connectivity index (χ1) is 8.65. The summed E-state index contributed by atoms with van der Waals surface area (Å²) in [5.74, 6) is 0.827. The van der Waals surface area contributed by atoms with Crippen molar-refractivity contribution >= 4 is 15.9 Å². The third-order valence-corrected chi connectivity index (χ3v) is 3.16. The van der Waals surface area contributed by atoms with Crippen LogP contribution in [0.4, 0.5) is 4.39 Å². The van der Waals surface area contributed by atoms with E-state index < -0.39 is 0 Å². The topological polar surface area (TPSA) is 29.9 Å². The Morgan fingerprint density at radius 3 is 2.89 bits per heavy atom. The standard InChI is InChI=1S/C13H15BrFN3/c1-18-5-4-17-13(18)2-3-16-9-10-6-11(14)8-12(15)7-10/h4-8,16H,2-3,9H2,1H3. The first-order valence-corrected chi connectivity index (χ1v) is 6.56. The van der Waals surface area contributed by atoms with E-state index in [-0.39, 0.29) is 5.82 Å². The summed E-state index contributed by atoms with van der Waals surface area (Å²) in [6.07, 6.45) is 4.58. The molecule has 2 aromatic rings. The Balaban J connectivity index is 1.80. The van der Waals surface area contributed by atoms with Gasteiger partial charge in [-0.05, 0) is 23.8 Å². The van der Waals surface area contributed by atoms with Crippen molar-refractivity contribution in [3.63, 3.8) is 0 Å². The van der Waals surface area contributed by atoms with Crippen LogP contribution in [0.3, 0.4) is 0 Å². The molecule has 3 nitrogen and oxygen atoms in total. The summed E-state index contributed by atoms with van der Waals surface area (Å²) in [5.41, 5.74) is 0.932. The SMILES string of the molecule is Cn1ccnc1CCNCc1cc(F)cc(Br)c1. The molecule has 0 aliphatic carbocycles. The monoisotopic (exact) mass is 311 g/mol. The number of nitrogens with one attached hydrogen (secondary N) is 1. The molecule has 1 N–H and O–H groups in total. The molecule has 96 valence electrons. The Morgan fingerprint density at radius 1 is 1.39 bits per heavy atom. The molecule has 0 saturated heterocycles. The second-order valence-electron chi connectivity index (χ2n) is 4.16. The van der Waals surface area contributed by atoms with Gasteiger partial charge in [-0.25, -0.2) is 9.37 Å². The lowest BCUT2D eigenvalue weighted by atomic mass is 10.2. The molecule has 0 atom stereocenters. The van der Waals surface area contributed by atoms with Gasteiger partial charge < -0.3 is 9.88 Å². The van der Waals surface area contributed by atoms with Crippen molar-refractivity contribution in [2.75, 3.05) is 6.54 Å². The average molecular weight is 312 g/mol. The molecule has 0 aliphatic rings. The van der Waals surface area contributed by atoms with E-state index in [4.69, 9.17) is 0 Å². The number of halogens is 2. The summed E-state index contributed by atoms with van der Waals surface area (Å²) in [7, 11) is 1.98. The summed E-state index contributed by atoms with van der Waals surface area (Å²) >= 11 is 3.28. The fourth-order valence-electron chi connectivity index (χ4n) is 1.78. The Morgan fingerprint density at radius 2 is 2.22 bits per heavy atom. The van der Waals surface area contributed by atoms with E-state index >= 15 is 0 Å².